The molecule has 2 aliphatic heterocycles. The number of carbonyl (C=O) groups excluding carboxylic acids is 2. The minimum atomic E-state index is -1.78. The lowest BCUT2D eigenvalue weighted by Crippen LogP contribution is -2.37. The molecule has 0 saturated carbocycles. The third-order valence-electron chi connectivity index (χ3n) is 4.35. The van der Waals surface area contributed by atoms with E-state index < -0.39 is 17.5 Å². The molecule has 0 aromatic heterocycles. The van der Waals surface area contributed by atoms with Gasteiger partial charge in [-0.2, -0.15) is 0 Å². The second-order valence-electron chi connectivity index (χ2n) is 6.12. The Morgan fingerprint density at radius 2 is 1.83 bits per heavy atom. The number of fused-ring (bicyclic) bond motifs is 3. The van der Waals surface area contributed by atoms with Crippen molar-refractivity contribution in [3.63, 3.8) is 0 Å². The molecule has 5 heteroatoms. The Bertz CT molecular complexity index is 871. The highest BCUT2D eigenvalue weighted by molar-refractivity contribution is 6.13. The summed E-state index contributed by atoms with van der Waals surface area (Å²) in [7, 11) is 0. The van der Waals surface area contributed by atoms with Gasteiger partial charge in [0.25, 0.3) is 5.78 Å². The molecule has 0 aliphatic carbocycles. The first-order valence-electron chi connectivity index (χ1n) is 7.44. The Hall–Kier alpha value is -2.82. The maximum atomic E-state index is 12.9. The molecule has 5 nitrogen and oxygen atoms in total. The van der Waals surface area contributed by atoms with Gasteiger partial charge in [0, 0.05) is 5.69 Å². The Balaban J connectivity index is 1.91. The maximum absolute atomic E-state index is 12.9. The largest absolute Gasteiger partial charge is 0.441 e. The molecule has 0 saturated heterocycles. The van der Waals surface area contributed by atoms with Gasteiger partial charge >= 0.3 is 11.8 Å². The van der Waals surface area contributed by atoms with Crippen LogP contribution in [0.2, 0.25) is 0 Å². The molecule has 0 fully saturated rings. The summed E-state index contributed by atoms with van der Waals surface area (Å²) in [5.74, 6) is -2.06. The summed E-state index contributed by atoms with van der Waals surface area (Å²) in [6, 6.07) is 10.3. The molecule has 1 spiro atoms. The molecule has 1 atom stereocenters. The lowest BCUT2D eigenvalue weighted by atomic mass is 9.94. The minimum Gasteiger partial charge on any atom is -0.441 e. The van der Waals surface area contributed by atoms with Gasteiger partial charge in [0.05, 0.1) is 16.7 Å². The number of hydrogen-bond donors (Lipinski definition) is 1. The van der Waals surface area contributed by atoms with E-state index in [0.717, 1.165) is 5.56 Å². The van der Waals surface area contributed by atoms with Gasteiger partial charge in [-0.1, -0.05) is 26.0 Å². The number of nitrogens with two attached hydrogens (primary N) is 1. The SMILES string of the molecule is CC(C)c1ccc2c(c1)OC1(OC(=O)c3cccc(N)c31)C2=O. The monoisotopic (exact) mass is 309 g/mol. The van der Waals surface area contributed by atoms with Crippen molar-refractivity contribution in [2.75, 3.05) is 5.73 Å². The van der Waals surface area contributed by atoms with Gasteiger partial charge in [-0.15, -0.1) is 0 Å². The zero-order chi connectivity index (χ0) is 16.4. The summed E-state index contributed by atoms with van der Waals surface area (Å²) in [6.07, 6.45) is 0. The van der Waals surface area contributed by atoms with Crippen LogP contribution in [-0.2, 0) is 10.5 Å². The number of carbonyl (C=O) groups is 2. The van der Waals surface area contributed by atoms with Gasteiger partial charge in [-0.05, 0) is 35.7 Å². The van der Waals surface area contributed by atoms with E-state index in [1.54, 1.807) is 24.3 Å². The molecule has 0 bridgehead atoms. The summed E-state index contributed by atoms with van der Waals surface area (Å²) in [6.45, 7) is 4.11. The quantitative estimate of drug-likeness (QED) is 0.647. The van der Waals surface area contributed by atoms with Gasteiger partial charge in [0.15, 0.2) is 0 Å². The average molecular weight is 309 g/mol. The fourth-order valence-electron chi connectivity index (χ4n) is 3.12. The highest BCUT2D eigenvalue weighted by Crippen LogP contribution is 2.49. The fraction of sp³-hybridized carbons (Fsp3) is 0.222. The Kier molecular flexibility index (Phi) is 2.61. The molecule has 2 aromatic rings. The van der Waals surface area contributed by atoms with Crippen LogP contribution in [0.3, 0.4) is 0 Å². The van der Waals surface area contributed by atoms with Gasteiger partial charge < -0.3 is 15.2 Å². The van der Waals surface area contributed by atoms with Crippen LogP contribution in [0, 0.1) is 0 Å². The van der Waals surface area contributed by atoms with E-state index >= 15 is 0 Å². The number of Topliss-reactive ketones (excluding diaryl/α,β-unsaturated/α-hetero) is 1. The summed E-state index contributed by atoms with van der Waals surface area (Å²) in [5, 5.41) is 0. The average Bonchev–Trinajstić information content (AvgIpc) is 2.95. The lowest BCUT2D eigenvalue weighted by Gasteiger charge is -2.21. The first-order chi connectivity index (χ1) is 10.9. The molecule has 1 unspecified atom stereocenters. The van der Waals surface area contributed by atoms with Gasteiger partial charge in [0.2, 0.25) is 0 Å². The second-order valence-corrected chi connectivity index (χ2v) is 6.12. The third-order valence-corrected chi connectivity index (χ3v) is 4.35. The molecular formula is C18H15NO4. The van der Waals surface area contributed by atoms with Gasteiger partial charge in [0.1, 0.15) is 5.75 Å². The van der Waals surface area contributed by atoms with Crippen LogP contribution in [0.15, 0.2) is 36.4 Å². The fourth-order valence-corrected chi connectivity index (χ4v) is 3.12. The van der Waals surface area contributed by atoms with Crippen molar-refractivity contribution in [1.82, 2.24) is 0 Å². The number of nitrogen functional groups attached to an aromatic ring is 1. The van der Waals surface area contributed by atoms with Crippen LogP contribution in [0.4, 0.5) is 5.69 Å². The lowest BCUT2D eigenvalue weighted by molar-refractivity contribution is -0.0974. The smallest absolute Gasteiger partial charge is 0.349 e. The highest BCUT2D eigenvalue weighted by atomic mass is 16.7. The van der Waals surface area contributed by atoms with Crippen LogP contribution in [-0.4, -0.2) is 11.8 Å². The molecule has 4 rings (SSSR count). The normalized spacial score (nSPS) is 21.3. The van der Waals surface area contributed by atoms with Crippen LogP contribution in [0.25, 0.3) is 0 Å². The minimum absolute atomic E-state index is 0.273. The zero-order valence-corrected chi connectivity index (χ0v) is 12.8. The maximum Gasteiger partial charge on any atom is 0.349 e. The van der Waals surface area contributed by atoms with E-state index in [1.807, 2.05) is 12.1 Å². The molecule has 2 N–H and O–H groups in total. The summed E-state index contributed by atoms with van der Waals surface area (Å²) in [4.78, 5) is 25.0. The van der Waals surface area contributed by atoms with Gasteiger partial charge in [-0.3, -0.25) is 4.79 Å². The molecule has 2 heterocycles. The van der Waals surface area contributed by atoms with Crippen molar-refractivity contribution >= 4 is 17.4 Å². The zero-order valence-electron chi connectivity index (χ0n) is 12.8. The molecule has 23 heavy (non-hydrogen) atoms. The van der Waals surface area contributed by atoms with E-state index in [4.69, 9.17) is 15.2 Å². The van der Waals surface area contributed by atoms with Crippen LogP contribution < -0.4 is 10.5 Å². The summed E-state index contributed by atoms with van der Waals surface area (Å²) >= 11 is 0. The Labute approximate surface area is 133 Å². The number of ether oxygens (including phenoxy) is 2. The number of rotatable bonds is 1. The predicted octanol–water partition coefficient (Wildman–Crippen LogP) is 2.99. The first kappa shape index (κ1) is 13.8. The van der Waals surface area contributed by atoms with Crippen LogP contribution in [0.5, 0.6) is 5.75 Å². The molecule has 116 valence electrons. The highest BCUT2D eigenvalue weighted by Gasteiger charge is 2.60. The van der Waals surface area contributed by atoms with E-state index in [-0.39, 0.29) is 5.56 Å². The Morgan fingerprint density at radius 3 is 2.57 bits per heavy atom. The number of ketones is 1. The molecule has 0 radical (unpaired) electrons. The summed E-state index contributed by atoms with van der Waals surface area (Å²) in [5.41, 5.74) is 8.32. The van der Waals surface area contributed by atoms with E-state index in [9.17, 15) is 9.59 Å². The van der Waals surface area contributed by atoms with Crippen molar-refractivity contribution in [1.29, 1.82) is 0 Å². The van der Waals surface area contributed by atoms with Crippen molar-refractivity contribution < 1.29 is 19.1 Å². The van der Waals surface area contributed by atoms with Crippen molar-refractivity contribution in [3.05, 3.63) is 58.7 Å². The van der Waals surface area contributed by atoms with E-state index in [2.05, 4.69) is 13.8 Å². The van der Waals surface area contributed by atoms with Crippen molar-refractivity contribution in [2.24, 2.45) is 0 Å². The van der Waals surface area contributed by atoms with E-state index in [0.29, 0.717) is 28.5 Å². The number of benzene rings is 2. The number of anilines is 1. The van der Waals surface area contributed by atoms with Gasteiger partial charge in [-0.25, -0.2) is 4.79 Å². The second kappa shape index (κ2) is 4.35. The number of esters is 1. The third kappa shape index (κ3) is 1.67. The summed E-state index contributed by atoms with van der Waals surface area (Å²) < 4.78 is 11.2. The molecular weight excluding hydrogens is 294 g/mol. The van der Waals surface area contributed by atoms with Crippen LogP contribution >= 0.6 is 0 Å². The predicted molar refractivity (Wildman–Crippen MR) is 83.4 cm³/mol. The van der Waals surface area contributed by atoms with Crippen molar-refractivity contribution in [2.45, 2.75) is 25.6 Å². The molecule has 2 aromatic carbocycles. The standard InChI is InChI=1S/C18H15NO4/c1-9(2)10-6-7-11-14(8-10)22-18(16(11)20)15-12(17(21)23-18)4-3-5-13(15)19/h3-9H,19H2,1-2H3. The Morgan fingerprint density at radius 1 is 1.04 bits per heavy atom. The first-order valence-corrected chi connectivity index (χ1v) is 7.44. The van der Waals surface area contributed by atoms with Crippen LogP contribution in [0.1, 0.15) is 51.6 Å². The van der Waals surface area contributed by atoms with E-state index in [1.165, 1.54) is 0 Å². The molecule has 2 aliphatic rings. The van der Waals surface area contributed by atoms with Crippen molar-refractivity contribution in [3.8, 4) is 5.75 Å². The molecule has 0 amide bonds. The number of hydrogen-bond acceptors (Lipinski definition) is 5. The topological polar surface area (TPSA) is 78.6 Å².